The lowest BCUT2D eigenvalue weighted by Gasteiger charge is -2.28. The van der Waals surface area contributed by atoms with Gasteiger partial charge in [-0.15, -0.1) is 0 Å². The lowest BCUT2D eigenvalue weighted by atomic mass is 10.1. The molecule has 0 saturated carbocycles. The Morgan fingerprint density at radius 1 is 1.10 bits per heavy atom. The number of amides is 1. The molecule has 0 radical (unpaired) electrons. The first-order valence-electron chi connectivity index (χ1n) is 10.7. The zero-order valence-corrected chi connectivity index (χ0v) is 18.4. The van der Waals surface area contributed by atoms with Crippen LogP contribution in [-0.2, 0) is 19.6 Å². The minimum atomic E-state index is -3.60. The number of nitrogens with one attached hydrogen (secondary N) is 2. The number of hydrogen-bond donors (Lipinski definition) is 2. The number of carbonyl (C=O) groups excluding carboxylic acids is 1. The molecule has 7 nitrogen and oxygen atoms in total. The van der Waals surface area contributed by atoms with Crippen LogP contribution in [0.2, 0.25) is 0 Å². The quantitative estimate of drug-likeness (QED) is 0.744. The molecule has 2 N–H and O–H groups in total. The smallest absolute Gasteiger partial charge is 0.282 e. The summed E-state index contributed by atoms with van der Waals surface area (Å²) in [6, 6.07) is 4.97. The van der Waals surface area contributed by atoms with Gasteiger partial charge in [-0.2, -0.15) is 4.31 Å². The molecule has 0 aliphatic carbocycles. The summed E-state index contributed by atoms with van der Waals surface area (Å²) in [7, 11) is -3.60. The molecule has 162 valence electrons. The molecule has 2 aliphatic rings. The van der Waals surface area contributed by atoms with Crippen LogP contribution in [0.25, 0.3) is 0 Å². The number of anilines is 1. The Bertz CT molecular complexity index is 798. The van der Waals surface area contributed by atoms with Crippen molar-refractivity contribution in [2.75, 3.05) is 44.7 Å². The number of hydrogen-bond acceptors (Lipinski definition) is 4. The fourth-order valence-corrected chi connectivity index (χ4v) is 5.77. The van der Waals surface area contributed by atoms with Gasteiger partial charge in [0.15, 0.2) is 6.04 Å². The molecule has 1 aromatic carbocycles. The molecule has 0 aromatic heterocycles. The van der Waals surface area contributed by atoms with Crippen LogP contribution in [0.5, 0.6) is 0 Å². The van der Waals surface area contributed by atoms with Crippen molar-refractivity contribution in [3.63, 3.8) is 0 Å². The van der Waals surface area contributed by atoms with Gasteiger partial charge >= 0.3 is 0 Å². The van der Waals surface area contributed by atoms with Crippen molar-refractivity contribution >= 4 is 21.6 Å². The summed E-state index contributed by atoms with van der Waals surface area (Å²) in [6.45, 7) is 7.30. The molecule has 2 aliphatic heterocycles. The van der Waals surface area contributed by atoms with Crippen LogP contribution in [0, 0.1) is 6.92 Å². The molecule has 0 unspecified atom stereocenters. The van der Waals surface area contributed by atoms with E-state index >= 15 is 0 Å². The molecule has 2 fully saturated rings. The van der Waals surface area contributed by atoms with Crippen molar-refractivity contribution in [1.82, 2.24) is 4.31 Å². The molecule has 3 rings (SSSR count). The van der Waals surface area contributed by atoms with Gasteiger partial charge in [0.05, 0.1) is 31.2 Å². The third-order valence-electron chi connectivity index (χ3n) is 6.04. The Balaban J connectivity index is 1.72. The Morgan fingerprint density at radius 2 is 1.72 bits per heavy atom. The maximum Gasteiger partial charge on any atom is 0.282 e. The molecular weight excluding hydrogens is 390 g/mol. The third-order valence-corrected chi connectivity index (χ3v) is 8.09. The van der Waals surface area contributed by atoms with Crippen LogP contribution < -0.4 is 10.2 Å². The molecular formula is C21H34N3O4S+. The van der Waals surface area contributed by atoms with Gasteiger partial charge < -0.3 is 15.0 Å². The van der Waals surface area contributed by atoms with Crippen molar-refractivity contribution in [3.8, 4) is 0 Å². The second-order valence-corrected chi connectivity index (χ2v) is 10.0. The van der Waals surface area contributed by atoms with Gasteiger partial charge in [0.1, 0.15) is 0 Å². The summed E-state index contributed by atoms with van der Waals surface area (Å²) < 4.78 is 32.8. The van der Waals surface area contributed by atoms with Gasteiger partial charge in [0.2, 0.25) is 10.0 Å². The largest absolute Gasteiger partial charge is 0.379 e. The van der Waals surface area contributed by atoms with E-state index in [0.29, 0.717) is 37.6 Å². The highest BCUT2D eigenvalue weighted by Crippen LogP contribution is 2.24. The number of sulfonamides is 1. The number of morpholine rings is 1. The van der Waals surface area contributed by atoms with E-state index in [9.17, 15) is 13.2 Å². The van der Waals surface area contributed by atoms with Crippen LogP contribution in [0.4, 0.5) is 5.69 Å². The van der Waals surface area contributed by atoms with E-state index in [0.717, 1.165) is 25.9 Å². The van der Waals surface area contributed by atoms with E-state index < -0.39 is 10.0 Å². The Kier molecular flexibility index (Phi) is 7.67. The summed E-state index contributed by atoms with van der Waals surface area (Å²) in [5.74, 6) is -0.0563. The number of benzene rings is 1. The summed E-state index contributed by atoms with van der Waals surface area (Å²) in [5.41, 5.74) is 1.21. The van der Waals surface area contributed by atoms with Crippen LogP contribution in [-0.4, -0.2) is 64.1 Å². The fourth-order valence-electron chi connectivity index (χ4n) is 4.11. The van der Waals surface area contributed by atoms with Gasteiger partial charge in [-0.25, -0.2) is 8.42 Å². The standard InChI is InChI=1S/C21H33N3O4S/c1-17-8-9-19(16-20(17)29(26,27)24-12-14-28-15-13-24)22-21(25)18(2)23-10-6-4-3-5-7-11-23/h8-9,16,18H,3-7,10-15H2,1-2H3,(H,22,25)/p+1/t18-/m1/s1. The second kappa shape index (κ2) is 10.0. The van der Waals surface area contributed by atoms with Crippen molar-refractivity contribution in [2.24, 2.45) is 0 Å². The molecule has 2 saturated heterocycles. The Labute approximate surface area is 174 Å². The minimum Gasteiger partial charge on any atom is -0.379 e. The molecule has 0 bridgehead atoms. The molecule has 1 amide bonds. The number of rotatable bonds is 5. The van der Waals surface area contributed by atoms with Crippen molar-refractivity contribution in [3.05, 3.63) is 23.8 Å². The topological polar surface area (TPSA) is 80.2 Å². The van der Waals surface area contributed by atoms with E-state index in [4.69, 9.17) is 4.74 Å². The molecule has 0 spiro atoms. The average molecular weight is 425 g/mol. The maximum atomic E-state index is 13.1. The molecule has 2 heterocycles. The fraction of sp³-hybridized carbons (Fsp3) is 0.667. The number of aryl methyl sites for hydroxylation is 1. The van der Waals surface area contributed by atoms with Crippen molar-refractivity contribution in [1.29, 1.82) is 0 Å². The van der Waals surface area contributed by atoms with Crippen molar-refractivity contribution in [2.45, 2.75) is 56.9 Å². The highest BCUT2D eigenvalue weighted by Gasteiger charge is 2.29. The average Bonchev–Trinajstić information content (AvgIpc) is 2.69. The molecule has 8 heteroatoms. The summed E-state index contributed by atoms with van der Waals surface area (Å²) in [5, 5.41) is 2.95. The minimum absolute atomic E-state index is 0.0563. The SMILES string of the molecule is Cc1ccc(NC(=O)[C@@H](C)[NH+]2CCCCCCC2)cc1S(=O)(=O)N1CCOCC1. The lowest BCUT2D eigenvalue weighted by molar-refractivity contribution is -0.914. The summed E-state index contributed by atoms with van der Waals surface area (Å²) >= 11 is 0. The summed E-state index contributed by atoms with van der Waals surface area (Å²) in [4.78, 5) is 14.4. The number of quaternary nitrogens is 1. The van der Waals surface area contributed by atoms with E-state index in [-0.39, 0.29) is 16.8 Å². The molecule has 1 atom stereocenters. The third kappa shape index (κ3) is 5.57. The number of ether oxygens (including phenoxy) is 1. The number of carbonyl (C=O) groups is 1. The predicted octanol–water partition coefficient (Wildman–Crippen LogP) is 1.19. The Hall–Kier alpha value is -1.48. The molecule has 1 aromatic rings. The van der Waals surface area contributed by atoms with Gasteiger partial charge in [-0.1, -0.05) is 12.5 Å². The zero-order valence-electron chi connectivity index (χ0n) is 17.6. The van der Waals surface area contributed by atoms with Crippen LogP contribution >= 0.6 is 0 Å². The van der Waals surface area contributed by atoms with E-state index in [1.165, 1.54) is 28.5 Å². The number of likely N-dealkylation sites (tertiary alicyclic amines) is 1. The van der Waals surface area contributed by atoms with Crippen LogP contribution in [0.1, 0.15) is 44.6 Å². The lowest BCUT2D eigenvalue weighted by Crippen LogP contribution is -3.16. The predicted molar refractivity (Wildman–Crippen MR) is 113 cm³/mol. The van der Waals surface area contributed by atoms with Gasteiger partial charge in [-0.3, -0.25) is 4.79 Å². The van der Waals surface area contributed by atoms with E-state index in [2.05, 4.69) is 5.32 Å². The van der Waals surface area contributed by atoms with Gasteiger partial charge in [0.25, 0.3) is 5.91 Å². The monoisotopic (exact) mass is 424 g/mol. The van der Waals surface area contributed by atoms with Gasteiger partial charge in [-0.05, 0) is 57.2 Å². The normalized spacial score (nSPS) is 21.2. The van der Waals surface area contributed by atoms with Crippen molar-refractivity contribution < 1.29 is 22.8 Å². The number of nitrogens with zero attached hydrogens (tertiary/aromatic N) is 1. The first-order valence-corrected chi connectivity index (χ1v) is 12.2. The maximum absolute atomic E-state index is 13.1. The first kappa shape index (κ1) is 22.2. The van der Waals surface area contributed by atoms with Crippen LogP contribution in [0.3, 0.4) is 0 Å². The highest BCUT2D eigenvalue weighted by molar-refractivity contribution is 7.89. The zero-order chi connectivity index (χ0) is 20.9. The van der Waals surface area contributed by atoms with E-state index in [1.807, 2.05) is 6.92 Å². The highest BCUT2D eigenvalue weighted by atomic mass is 32.2. The van der Waals surface area contributed by atoms with Crippen LogP contribution in [0.15, 0.2) is 23.1 Å². The van der Waals surface area contributed by atoms with Gasteiger partial charge in [0, 0.05) is 18.8 Å². The Morgan fingerprint density at radius 3 is 2.38 bits per heavy atom. The summed E-state index contributed by atoms with van der Waals surface area (Å²) in [6.07, 6.45) is 6.06. The first-order chi connectivity index (χ1) is 13.9. The second-order valence-electron chi connectivity index (χ2n) is 8.13. The van der Waals surface area contributed by atoms with E-state index in [1.54, 1.807) is 25.1 Å². The molecule has 29 heavy (non-hydrogen) atoms.